The summed E-state index contributed by atoms with van der Waals surface area (Å²) in [5.74, 6) is 0.640. The molecule has 1 aromatic carbocycles. The minimum absolute atomic E-state index is 0.465. The summed E-state index contributed by atoms with van der Waals surface area (Å²) < 4.78 is 5.98. The van der Waals surface area contributed by atoms with Crippen LogP contribution in [0, 0.1) is 12.8 Å². The second-order valence-corrected chi connectivity index (χ2v) is 6.37. The first-order valence-corrected chi connectivity index (χ1v) is 7.63. The molecule has 3 heteroatoms. The van der Waals surface area contributed by atoms with Gasteiger partial charge < -0.3 is 10.1 Å². The molecule has 2 saturated heterocycles. The van der Waals surface area contributed by atoms with Crippen molar-refractivity contribution in [2.24, 2.45) is 5.92 Å². The molecule has 0 aromatic heterocycles. The Labute approximate surface area is 120 Å². The van der Waals surface area contributed by atoms with E-state index in [9.17, 15) is 0 Å². The topological polar surface area (TPSA) is 21.3 Å². The zero-order valence-corrected chi connectivity index (χ0v) is 12.4. The fourth-order valence-electron chi connectivity index (χ4n) is 3.62. The maximum Gasteiger partial charge on any atom is 0.0623 e. The molecule has 3 rings (SSSR count). The summed E-state index contributed by atoms with van der Waals surface area (Å²) in [5.41, 5.74) is 2.47. The minimum Gasteiger partial charge on any atom is -0.375 e. The molecule has 0 radical (unpaired) electrons. The fraction of sp³-hybridized carbons (Fsp3) is 0.625. The van der Waals surface area contributed by atoms with E-state index in [0.29, 0.717) is 24.2 Å². The third-order valence-corrected chi connectivity index (χ3v) is 5.04. The van der Waals surface area contributed by atoms with Gasteiger partial charge in [-0.05, 0) is 56.8 Å². The van der Waals surface area contributed by atoms with Gasteiger partial charge in [-0.2, -0.15) is 0 Å². The van der Waals surface area contributed by atoms with E-state index in [0.717, 1.165) is 11.4 Å². The molecule has 0 spiro atoms. The highest BCUT2D eigenvalue weighted by molar-refractivity contribution is 6.31. The van der Waals surface area contributed by atoms with Crippen LogP contribution < -0.4 is 5.32 Å². The Kier molecular flexibility index (Phi) is 3.84. The molecule has 2 nitrogen and oxygen atoms in total. The number of likely N-dealkylation sites (N-methyl/N-ethyl adjacent to an activating group) is 1. The molecule has 2 bridgehead atoms. The number of ether oxygens (including phenoxy) is 1. The predicted molar refractivity (Wildman–Crippen MR) is 78.7 cm³/mol. The number of benzene rings is 1. The molecule has 2 aliphatic heterocycles. The van der Waals surface area contributed by atoms with Crippen molar-refractivity contribution < 1.29 is 4.74 Å². The van der Waals surface area contributed by atoms with Crippen LogP contribution in [0.15, 0.2) is 18.2 Å². The van der Waals surface area contributed by atoms with Crippen molar-refractivity contribution in [3.63, 3.8) is 0 Å². The Hall–Kier alpha value is -0.570. The molecule has 19 heavy (non-hydrogen) atoms. The van der Waals surface area contributed by atoms with Crippen LogP contribution in [0.4, 0.5) is 0 Å². The average molecular weight is 280 g/mol. The summed E-state index contributed by atoms with van der Waals surface area (Å²) in [6.07, 6.45) is 5.66. The van der Waals surface area contributed by atoms with Crippen LogP contribution in [0.25, 0.3) is 0 Å². The molecule has 0 saturated carbocycles. The molecule has 0 aliphatic carbocycles. The molecule has 4 unspecified atom stereocenters. The smallest absolute Gasteiger partial charge is 0.0623 e. The van der Waals surface area contributed by atoms with Gasteiger partial charge in [-0.1, -0.05) is 23.7 Å². The predicted octanol–water partition coefficient (Wildman–Crippen LogP) is 3.35. The van der Waals surface area contributed by atoms with E-state index in [1.54, 1.807) is 0 Å². The van der Waals surface area contributed by atoms with E-state index < -0.39 is 0 Å². The van der Waals surface area contributed by atoms with Crippen molar-refractivity contribution in [1.29, 1.82) is 0 Å². The van der Waals surface area contributed by atoms with E-state index >= 15 is 0 Å². The summed E-state index contributed by atoms with van der Waals surface area (Å²) >= 11 is 6.36. The van der Waals surface area contributed by atoms with Crippen molar-refractivity contribution in [1.82, 2.24) is 5.32 Å². The molecule has 0 amide bonds. The lowest BCUT2D eigenvalue weighted by atomic mass is 9.81. The Balaban J connectivity index is 1.73. The van der Waals surface area contributed by atoms with Gasteiger partial charge >= 0.3 is 0 Å². The number of rotatable bonds is 4. The monoisotopic (exact) mass is 279 g/mol. The molecular weight excluding hydrogens is 258 g/mol. The van der Waals surface area contributed by atoms with Crippen LogP contribution in [0.5, 0.6) is 0 Å². The molecular formula is C16H22ClNO. The van der Waals surface area contributed by atoms with Gasteiger partial charge in [-0.3, -0.25) is 0 Å². The normalized spacial score (nSPS) is 30.8. The number of hydrogen-bond donors (Lipinski definition) is 1. The van der Waals surface area contributed by atoms with Crippen LogP contribution >= 0.6 is 11.6 Å². The second kappa shape index (κ2) is 5.43. The van der Waals surface area contributed by atoms with Gasteiger partial charge in [0.1, 0.15) is 0 Å². The number of aryl methyl sites for hydroxylation is 1. The van der Waals surface area contributed by atoms with Gasteiger partial charge in [-0.15, -0.1) is 0 Å². The van der Waals surface area contributed by atoms with E-state index in [2.05, 4.69) is 37.5 Å². The number of fused-ring (bicyclic) bond motifs is 2. The molecule has 1 N–H and O–H groups in total. The van der Waals surface area contributed by atoms with Crippen LogP contribution in [-0.4, -0.2) is 25.3 Å². The number of hydrogen-bond acceptors (Lipinski definition) is 2. The maximum atomic E-state index is 6.36. The van der Waals surface area contributed by atoms with Crippen molar-refractivity contribution in [3.05, 3.63) is 34.3 Å². The van der Waals surface area contributed by atoms with Crippen LogP contribution in [-0.2, 0) is 11.2 Å². The first-order valence-electron chi connectivity index (χ1n) is 7.25. The van der Waals surface area contributed by atoms with E-state index in [-0.39, 0.29) is 0 Å². The quantitative estimate of drug-likeness (QED) is 0.913. The third kappa shape index (κ3) is 2.67. The standard InChI is InChI=1S/C16H22ClNO/c1-10-3-4-11(14(17)7-10)8-15(18-2)13-9-12-5-6-16(13)19-12/h3-4,7,12-13,15-16,18H,5-6,8-9H2,1-2H3. The third-order valence-electron chi connectivity index (χ3n) is 4.69. The molecule has 2 aliphatic rings. The maximum absolute atomic E-state index is 6.36. The van der Waals surface area contributed by atoms with Crippen LogP contribution in [0.2, 0.25) is 5.02 Å². The van der Waals surface area contributed by atoms with Gasteiger partial charge in [0.2, 0.25) is 0 Å². The number of halogens is 1. The summed E-state index contributed by atoms with van der Waals surface area (Å²) in [6.45, 7) is 2.08. The van der Waals surface area contributed by atoms with Crippen molar-refractivity contribution in [3.8, 4) is 0 Å². The Morgan fingerprint density at radius 1 is 1.42 bits per heavy atom. The van der Waals surface area contributed by atoms with Crippen LogP contribution in [0.3, 0.4) is 0 Å². The number of nitrogens with one attached hydrogen (secondary N) is 1. The summed E-state index contributed by atoms with van der Waals surface area (Å²) in [4.78, 5) is 0. The van der Waals surface area contributed by atoms with Crippen molar-refractivity contribution in [2.75, 3.05) is 7.05 Å². The molecule has 2 fully saturated rings. The van der Waals surface area contributed by atoms with E-state index in [1.165, 1.54) is 30.4 Å². The highest BCUT2D eigenvalue weighted by Crippen LogP contribution is 2.41. The fourth-order valence-corrected chi connectivity index (χ4v) is 3.94. The zero-order valence-electron chi connectivity index (χ0n) is 11.7. The molecule has 104 valence electrons. The first-order chi connectivity index (χ1) is 9.17. The SMILES string of the molecule is CNC(Cc1ccc(C)cc1Cl)C1CC2CCC1O2. The molecule has 2 heterocycles. The Bertz CT molecular complexity index is 462. The Morgan fingerprint density at radius 3 is 2.84 bits per heavy atom. The van der Waals surface area contributed by atoms with Crippen molar-refractivity contribution >= 4 is 11.6 Å². The van der Waals surface area contributed by atoms with Gasteiger partial charge in [0.15, 0.2) is 0 Å². The first kappa shape index (κ1) is 13.4. The largest absolute Gasteiger partial charge is 0.375 e. The van der Waals surface area contributed by atoms with Gasteiger partial charge in [0.25, 0.3) is 0 Å². The zero-order chi connectivity index (χ0) is 13.4. The lowest BCUT2D eigenvalue weighted by Crippen LogP contribution is -2.40. The highest BCUT2D eigenvalue weighted by Gasteiger charge is 2.43. The van der Waals surface area contributed by atoms with Crippen LogP contribution in [0.1, 0.15) is 30.4 Å². The second-order valence-electron chi connectivity index (χ2n) is 5.97. The molecule has 1 aromatic rings. The van der Waals surface area contributed by atoms with Crippen molar-refractivity contribution in [2.45, 2.75) is 50.9 Å². The highest BCUT2D eigenvalue weighted by atomic mass is 35.5. The summed E-state index contributed by atoms with van der Waals surface area (Å²) in [6, 6.07) is 6.83. The lowest BCUT2D eigenvalue weighted by Gasteiger charge is -2.28. The summed E-state index contributed by atoms with van der Waals surface area (Å²) in [7, 11) is 2.05. The van der Waals surface area contributed by atoms with Gasteiger partial charge in [0, 0.05) is 17.0 Å². The summed E-state index contributed by atoms with van der Waals surface area (Å²) in [5, 5.41) is 4.37. The minimum atomic E-state index is 0.465. The average Bonchev–Trinajstić information content (AvgIpc) is 3.00. The van der Waals surface area contributed by atoms with Gasteiger partial charge in [0.05, 0.1) is 12.2 Å². The van der Waals surface area contributed by atoms with E-state index in [4.69, 9.17) is 16.3 Å². The molecule has 4 atom stereocenters. The Morgan fingerprint density at radius 2 is 2.26 bits per heavy atom. The van der Waals surface area contributed by atoms with E-state index in [1.807, 2.05) is 0 Å². The van der Waals surface area contributed by atoms with Gasteiger partial charge in [-0.25, -0.2) is 0 Å². The lowest BCUT2D eigenvalue weighted by molar-refractivity contribution is 0.0863.